The van der Waals surface area contributed by atoms with Gasteiger partial charge in [0.15, 0.2) is 0 Å². The van der Waals surface area contributed by atoms with Crippen molar-refractivity contribution in [3.63, 3.8) is 0 Å². The van der Waals surface area contributed by atoms with E-state index in [4.69, 9.17) is 0 Å². The molecular weight excluding hydrogens is 317 g/mol. The molecule has 0 spiro atoms. The van der Waals surface area contributed by atoms with E-state index in [2.05, 4.69) is 20.9 Å². The quantitative estimate of drug-likeness (QED) is 0.856. The molecular formula is C13H11BrFNOS. The Hall–Kier alpha value is -0.780. The summed E-state index contributed by atoms with van der Waals surface area (Å²) >= 11 is 4.95. The van der Waals surface area contributed by atoms with Crippen LogP contribution >= 0.6 is 27.3 Å². The summed E-state index contributed by atoms with van der Waals surface area (Å²) in [6, 6.07) is 4.58. The van der Waals surface area contributed by atoms with E-state index >= 15 is 0 Å². The summed E-state index contributed by atoms with van der Waals surface area (Å²) in [5.74, 6) is -0.271. The predicted molar refractivity (Wildman–Crippen MR) is 73.1 cm³/mol. The Morgan fingerprint density at radius 1 is 1.44 bits per heavy atom. The molecule has 5 heteroatoms. The number of nitrogens with zero attached hydrogens (tertiary/aromatic N) is 1. The lowest BCUT2D eigenvalue weighted by Crippen LogP contribution is -2.07. The Morgan fingerprint density at radius 3 is 3.00 bits per heavy atom. The molecule has 1 aliphatic carbocycles. The Bertz CT molecular complexity index is 599. The number of hydrogen-bond acceptors (Lipinski definition) is 3. The fraction of sp³-hybridized carbons (Fsp3) is 0.308. The van der Waals surface area contributed by atoms with Crippen LogP contribution in [0, 0.1) is 5.82 Å². The lowest BCUT2D eigenvalue weighted by Gasteiger charge is -2.14. The van der Waals surface area contributed by atoms with Crippen LogP contribution in [0.1, 0.15) is 29.5 Å². The highest BCUT2D eigenvalue weighted by molar-refractivity contribution is 9.10. The topological polar surface area (TPSA) is 33.1 Å². The Balaban J connectivity index is 2.07. The van der Waals surface area contributed by atoms with Gasteiger partial charge in [0.05, 0.1) is 11.8 Å². The summed E-state index contributed by atoms with van der Waals surface area (Å²) < 4.78 is 13.8. The van der Waals surface area contributed by atoms with E-state index in [9.17, 15) is 9.50 Å². The second-order valence-corrected chi connectivity index (χ2v) is 6.30. The summed E-state index contributed by atoms with van der Waals surface area (Å²) in [6.45, 7) is 0. The molecule has 0 saturated heterocycles. The van der Waals surface area contributed by atoms with Gasteiger partial charge in [-0.05, 0) is 53.4 Å². The van der Waals surface area contributed by atoms with E-state index in [1.807, 2.05) is 0 Å². The van der Waals surface area contributed by atoms with Crippen LogP contribution < -0.4 is 0 Å². The summed E-state index contributed by atoms with van der Waals surface area (Å²) in [6.07, 6.45) is 2.31. The lowest BCUT2D eigenvalue weighted by atomic mass is 10.0. The van der Waals surface area contributed by atoms with Crippen LogP contribution in [-0.4, -0.2) is 10.1 Å². The van der Waals surface area contributed by atoms with Gasteiger partial charge in [-0.25, -0.2) is 9.37 Å². The standard InChI is InChI=1S/C13H11BrFNOS/c14-9-6-7(15)4-5-8(9)13-16-12-10(17)2-1-3-11(12)18-13/h4-6,10,17H,1-3H2. The largest absolute Gasteiger partial charge is 0.387 e. The van der Waals surface area contributed by atoms with Gasteiger partial charge in [-0.15, -0.1) is 11.3 Å². The molecule has 3 rings (SSSR count). The lowest BCUT2D eigenvalue weighted by molar-refractivity contribution is 0.153. The number of hydrogen-bond donors (Lipinski definition) is 1. The first-order valence-electron chi connectivity index (χ1n) is 5.78. The second-order valence-electron chi connectivity index (χ2n) is 4.36. The molecule has 0 saturated carbocycles. The maximum atomic E-state index is 13.1. The number of halogens is 2. The van der Waals surface area contributed by atoms with Crippen molar-refractivity contribution < 1.29 is 9.50 Å². The molecule has 1 aromatic heterocycles. The average Bonchev–Trinajstić information content (AvgIpc) is 2.74. The van der Waals surface area contributed by atoms with Crippen LogP contribution in [0.15, 0.2) is 22.7 Å². The smallest absolute Gasteiger partial charge is 0.125 e. The zero-order chi connectivity index (χ0) is 12.7. The molecule has 1 aliphatic rings. The van der Waals surface area contributed by atoms with Gasteiger partial charge in [0, 0.05) is 14.9 Å². The number of aliphatic hydroxyl groups excluding tert-OH is 1. The summed E-state index contributed by atoms with van der Waals surface area (Å²) in [5, 5.41) is 10.7. The minimum atomic E-state index is -0.446. The van der Waals surface area contributed by atoms with Crippen LogP contribution in [-0.2, 0) is 6.42 Å². The number of benzene rings is 1. The van der Waals surface area contributed by atoms with E-state index in [0.29, 0.717) is 4.47 Å². The molecule has 1 unspecified atom stereocenters. The first-order chi connectivity index (χ1) is 8.65. The third-order valence-corrected chi connectivity index (χ3v) is 4.91. The summed E-state index contributed by atoms with van der Waals surface area (Å²) in [7, 11) is 0. The van der Waals surface area contributed by atoms with Crippen LogP contribution in [0.5, 0.6) is 0 Å². The van der Waals surface area contributed by atoms with Crippen molar-refractivity contribution in [2.24, 2.45) is 0 Å². The molecule has 0 fully saturated rings. The fourth-order valence-corrected chi connectivity index (χ4v) is 4.04. The van der Waals surface area contributed by atoms with Crippen molar-refractivity contribution in [2.45, 2.75) is 25.4 Å². The zero-order valence-corrected chi connectivity index (χ0v) is 11.9. The molecule has 2 aromatic rings. The van der Waals surface area contributed by atoms with Crippen molar-refractivity contribution in [3.05, 3.63) is 39.1 Å². The first kappa shape index (κ1) is 12.3. The fourth-order valence-electron chi connectivity index (χ4n) is 2.17. The molecule has 0 bridgehead atoms. The average molecular weight is 328 g/mol. The minimum absolute atomic E-state index is 0.271. The molecule has 0 aliphatic heterocycles. The maximum Gasteiger partial charge on any atom is 0.125 e. The third-order valence-electron chi connectivity index (χ3n) is 3.09. The highest BCUT2D eigenvalue weighted by Gasteiger charge is 2.23. The molecule has 1 N–H and O–H groups in total. The monoisotopic (exact) mass is 327 g/mol. The van der Waals surface area contributed by atoms with Gasteiger partial charge < -0.3 is 5.11 Å². The zero-order valence-electron chi connectivity index (χ0n) is 9.49. The van der Waals surface area contributed by atoms with Gasteiger partial charge in [0.1, 0.15) is 10.8 Å². The van der Waals surface area contributed by atoms with Crippen molar-refractivity contribution in [2.75, 3.05) is 0 Å². The molecule has 0 amide bonds. The SMILES string of the molecule is OC1CCCc2sc(-c3ccc(F)cc3Br)nc21. The molecule has 0 radical (unpaired) electrons. The van der Waals surface area contributed by atoms with Gasteiger partial charge >= 0.3 is 0 Å². The van der Waals surface area contributed by atoms with E-state index < -0.39 is 6.10 Å². The molecule has 94 valence electrons. The minimum Gasteiger partial charge on any atom is -0.387 e. The number of aromatic nitrogens is 1. The number of aryl methyl sites for hydroxylation is 1. The van der Waals surface area contributed by atoms with Gasteiger partial charge in [-0.3, -0.25) is 0 Å². The highest BCUT2D eigenvalue weighted by Crippen LogP contribution is 2.39. The van der Waals surface area contributed by atoms with Crippen molar-refractivity contribution in [1.29, 1.82) is 0 Å². The molecule has 1 atom stereocenters. The number of rotatable bonds is 1. The van der Waals surface area contributed by atoms with Crippen molar-refractivity contribution in [1.82, 2.24) is 4.98 Å². The van der Waals surface area contributed by atoms with Gasteiger partial charge in [0.2, 0.25) is 0 Å². The molecule has 1 heterocycles. The Kier molecular flexibility index (Phi) is 3.21. The van der Waals surface area contributed by atoms with Gasteiger partial charge in [-0.2, -0.15) is 0 Å². The first-order valence-corrected chi connectivity index (χ1v) is 7.39. The molecule has 2 nitrogen and oxygen atoms in total. The van der Waals surface area contributed by atoms with Gasteiger partial charge in [0.25, 0.3) is 0 Å². The van der Waals surface area contributed by atoms with E-state index in [1.165, 1.54) is 12.1 Å². The third kappa shape index (κ3) is 2.11. The summed E-state index contributed by atoms with van der Waals surface area (Å²) in [4.78, 5) is 5.66. The predicted octanol–water partition coefficient (Wildman–Crippen LogP) is 4.08. The van der Waals surface area contributed by atoms with Crippen LogP contribution in [0.2, 0.25) is 0 Å². The number of aliphatic hydroxyl groups is 1. The van der Waals surface area contributed by atoms with Gasteiger partial charge in [-0.1, -0.05) is 0 Å². The van der Waals surface area contributed by atoms with Crippen LogP contribution in [0.3, 0.4) is 0 Å². The molecule has 1 aromatic carbocycles. The normalized spacial score (nSPS) is 18.7. The Morgan fingerprint density at radius 2 is 2.28 bits per heavy atom. The number of thiazole rings is 1. The van der Waals surface area contributed by atoms with Crippen molar-refractivity contribution in [3.8, 4) is 10.6 Å². The summed E-state index contributed by atoms with van der Waals surface area (Å²) in [5.41, 5.74) is 1.68. The Labute approximate surface area is 117 Å². The van der Waals surface area contributed by atoms with Crippen LogP contribution in [0.25, 0.3) is 10.6 Å². The van der Waals surface area contributed by atoms with E-state index in [1.54, 1.807) is 17.4 Å². The van der Waals surface area contributed by atoms with E-state index in [-0.39, 0.29) is 5.82 Å². The molecule has 18 heavy (non-hydrogen) atoms. The highest BCUT2D eigenvalue weighted by atomic mass is 79.9. The van der Waals surface area contributed by atoms with Crippen LogP contribution in [0.4, 0.5) is 4.39 Å². The van der Waals surface area contributed by atoms with E-state index in [0.717, 1.165) is 40.4 Å². The number of fused-ring (bicyclic) bond motifs is 1. The second kappa shape index (κ2) is 4.72. The maximum absolute atomic E-state index is 13.1. The van der Waals surface area contributed by atoms with Crippen molar-refractivity contribution >= 4 is 27.3 Å².